The van der Waals surface area contributed by atoms with Crippen molar-refractivity contribution in [2.24, 2.45) is 11.8 Å². The van der Waals surface area contributed by atoms with E-state index in [4.69, 9.17) is 0 Å². The van der Waals surface area contributed by atoms with Gasteiger partial charge in [-0.25, -0.2) is 0 Å². The average Bonchev–Trinajstić information content (AvgIpc) is 2.58. The number of carboxylic acid groups (broad SMARTS) is 1. The Labute approximate surface area is 156 Å². The molecule has 1 rings (SSSR count). The van der Waals surface area contributed by atoms with E-state index in [1.807, 2.05) is 26.0 Å². The molecular formula is C20H33N3O3. The van der Waals surface area contributed by atoms with Gasteiger partial charge >= 0.3 is 5.97 Å². The number of hydrogen-bond acceptors (Lipinski definition) is 4. The van der Waals surface area contributed by atoms with Crippen molar-refractivity contribution in [3.05, 3.63) is 30.1 Å². The smallest absolute Gasteiger partial charge is 0.320 e. The van der Waals surface area contributed by atoms with Crippen LogP contribution < -0.4 is 10.6 Å². The molecule has 2 atom stereocenters. The summed E-state index contributed by atoms with van der Waals surface area (Å²) in [6.45, 7) is 8.55. The lowest BCUT2D eigenvalue weighted by Gasteiger charge is -2.20. The number of unbranched alkanes of at least 4 members (excludes halogenated alkanes) is 1. The summed E-state index contributed by atoms with van der Waals surface area (Å²) in [5, 5.41) is 15.3. The standard InChI is InChI=1S/C20H33N3O3/c1-14(2)17(12-16-8-7-10-21-13-16)19(24)22-11-6-5-9-18(20(25)26)23-15(3)4/h7-8,10,13-15,17-18,23H,5-6,9,11-12H2,1-4H3,(H,22,24)(H,25,26)/t17?,18-/m0/s1. The maximum Gasteiger partial charge on any atom is 0.320 e. The van der Waals surface area contributed by atoms with Gasteiger partial charge in [0.2, 0.25) is 5.91 Å². The number of nitrogens with one attached hydrogen (secondary N) is 2. The molecule has 0 aromatic carbocycles. The molecule has 146 valence electrons. The first kappa shape index (κ1) is 22.1. The van der Waals surface area contributed by atoms with Crippen LogP contribution in [0.15, 0.2) is 24.5 Å². The van der Waals surface area contributed by atoms with E-state index in [0.29, 0.717) is 19.4 Å². The van der Waals surface area contributed by atoms with Crippen LogP contribution in [0.5, 0.6) is 0 Å². The zero-order valence-electron chi connectivity index (χ0n) is 16.4. The summed E-state index contributed by atoms with van der Waals surface area (Å²) in [7, 11) is 0. The fourth-order valence-electron chi connectivity index (χ4n) is 2.90. The Morgan fingerprint density at radius 2 is 1.92 bits per heavy atom. The number of pyridine rings is 1. The van der Waals surface area contributed by atoms with Crippen LogP contribution in [0.1, 0.15) is 52.5 Å². The van der Waals surface area contributed by atoms with Gasteiger partial charge in [-0.1, -0.05) is 33.8 Å². The van der Waals surface area contributed by atoms with Crippen molar-refractivity contribution >= 4 is 11.9 Å². The average molecular weight is 364 g/mol. The van der Waals surface area contributed by atoms with Crippen LogP contribution in [0.4, 0.5) is 0 Å². The second kappa shape index (κ2) is 11.6. The first-order valence-corrected chi connectivity index (χ1v) is 9.46. The number of amides is 1. The van der Waals surface area contributed by atoms with Crippen molar-refractivity contribution < 1.29 is 14.7 Å². The molecule has 6 nitrogen and oxygen atoms in total. The van der Waals surface area contributed by atoms with E-state index in [0.717, 1.165) is 18.4 Å². The summed E-state index contributed by atoms with van der Waals surface area (Å²) in [4.78, 5) is 27.8. The molecule has 6 heteroatoms. The Balaban J connectivity index is 2.38. The van der Waals surface area contributed by atoms with Gasteiger partial charge in [-0.3, -0.25) is 14.6 Å². The van der Waals surface area contributed by atoms with Crippen LogP contribution in [0.3, 0.4) is 0 Å². The van der Waals surface area contributed by atoms with E-state index in [1.54, 1.807) is 12.4 Å². The van der Waals surface area contributed by atoms with Crippen molar-refractivity contribution in [2.75, 3.05) is 6.54 Å². The van der Waals surface area contributed by atoms with E-state index in [1.165, 1.54) is 0 Å². The third-order valence-corrected chi connectivity index (χ3v) is 4.37. The van der Waals surface area contributed by atoms with Gasteiger partial charge in [-0.2, -0.15) is 0 Å². The highest BCUT2D eigenvalue weighted by Gasteiger charge is 2.22. The number of nitrogens with zero attached hydrogens (tertiary/aromatic N) is 1. The Morgan fingerprint density at radius 3 is 2.46 bits per heavy atom. The SMILES string of the molecule is CC(C)N[C@@H](CCCCNC(=O)C(Cc1cccnc1)C(C)C)C(=O)O. The predicted octanol–water partition coefficient (Wildman–Crippen LogP) is 2.63. The molecule has 26 heavy (non-hydrogen) atoms. The highest BCUT2D eigenvalue weighted by Crippen LogP contribution is 2.17. The van der Waals surface area contributed by atoms with Gasteiger partial charge < -0.3 is 15.7 Å². The van der Waals surface area contributed by atoms with Crippen LogP contribution in [-0.4, -0.2) is 40.6 Å². The maximum absolute atomic E-state index is 12.5. The molecule has 0 bridgehead atoms. The summed E-state index contributed by atoms with van der Waals surface area (Å²) in [5.41, 5.74) is 1.06. The van der Waals surface area contributed by atoms with Gasteiger partial charge in [0.25, 0.3) is 0 Å². The molecule has 0 spiro atoms. The monoisotopic (exact) mass is 363 g/mol. The molecule has 3 N–H and O–H groups in total. The molecule has 0 fully saturated rings. The lowest BCUT2D eigenvalue weighted by Crippen LogP contribution is -2.41. The first-order chi connectivity index (χ1) is 12.3. The van der Waals surface area contributed by atoms with Gasteiger partial charge in [0.05, 0.1) is 0 Å². The van der Waals surface area contributed by atoms with Crippen LogP contribution in [0.25, 0.3) is 0 Å². The molecule has 1 aromatic heterocycles. The second-order valence-corrected chi connectivity index (χ2v) is 7.41. The van der Waals surface area contributed by atoms with Crippen molar-refractivity contribution in [1.82, 2.24) is 15.6 Å². The largest absolute Gasteiger partial charge is 0.480 e. The molecule has 1 amide bonds. The molecule has 1 heterocycles. The van der Waals surface area contributed by atoms with Crippen LogP contribution in [0, 0.1) is 11.8 Å². The van der Waals surface area contributed by atoms with E-state index < -0.39 is 12.0 Å². The first-order valence-electron chi connectivity index (χ1n) is 9.46. The molecule has 0 saturated carbocycles. The number of carbonyl (C=O) groups is 2. The number of aliphatic carboxylic acids is 1. The quantitative estimate of drug-likeness (QED) is 0.497. The number of rotatable bonds is 12. The fraction of sp³-hybridized carbons (Fsp3) is 0.650. The van der Waals surface area contributed by atoms with E-state index in [-0.39, 0.29) is 23.8 Å². The molecule has 0 aliphatic rings. The van der Waals surface area contributed by atoms with Gasteiger partial charge in [-0.15, -0.1) is 0 Å². The Kier molecular flexibility index (Phi) is 9.88. The molecular weight excluding hydrogens is 330 g/mol. The molecule has 0 radical (unpaired) electrons. The van der Waals surface area contributed by atoms with Gasteiger partial charge in [0.1, 0.15) is 6.04 Å². The van der Waals surface area contributed by atoms with Gasteiger partial charge in [-0.05, 0) is 43.2 Å². The Bertz CT molecular complexity index is 546. The lowest BCUT2D eigenvalue weighted by molar-refractivity contribution is -0.140. The van der Waals surface area contributed by atoms with Crippen LogP contribution >= 0.6 is 0 Å². The minimum Gasteiger partial charge on any atom is -0.480 e. The minimum absolute atomic E-state index is 0.0546. The van der Waals surface area contributed by atoms with Gasteiger partial charge in [0.15, 0.2) is 0 Å². The zero-order chi connectivity index (χ0) is 19.5. The maximum atomic E-state index is 12.5. The topological polar surface area (TPSA) is 91.3 Å². The minimum atomic E-state index is -0.820. The van der Waals surface area contributed by atoms with Gasteiger partial charge in [0, 0.05) is 30.9 Å². The van der Waals surface area contributed by atoms with Crippen LogP contribution in [-0.2, 0) is 16.0 Å². The lowest BCUT2D eigenvalue weighted by atomic mass is 9.89. The summed E-state index contributed by atoms with van der Waals surface area (Å²) in [6, 6.07) is 3.48. The number of carbonyl (C=O) groups excluding carboxylic acids is 1. The summed E-state index contributed by atoms with van der Waals surface area (Å²) < 4.78 is 0. The Hall–Kier alpha value is -1.95. The molecule has 1 unspecified atom stereocenters. The zero-order valence-corrected chi connectivity index (χ0v) is 16.4. The summed E-state index contributed by atoms with van der Waals surface area (Å²) >= 11 is 0. The predicted molar refractivity (Wildman–Crippen MR) is 103 cm³/mol. The fourth-order valence-corrected chi connectivity index (χ4v) is 2.90. The van der Waals surface area contributed by atoms with Crippen molar-refractivity contribution in [1.29, 1.82) is 0 Å². The number of aromatic nitrogens is 1. The van der Waals surface area contributed by atoms with E-state index in [2.05, 4.69) is 29.5 Å². The molecule has 0 aliphatic heterocycles. The normalized spacial score (nSPS) is 13.6. The third kappa shape index (κ3) is 8.43. The van der Waals surface area contributed by atoms with E-state index >= 15 is 0 Å². The summed E-state index contributed by atoms with van der Waals surface area (Å²) in [6.07, 6.45) is 6.30. The number of hydrogen-bond donors (Lipinski definition) is 3. The van der Waals surface area contributed by atoms with Crippen molar-refractivity contribution in [3.63, 3.8) is 0 Å². The molecule has 0 aliphatic carbocycles. The highest BCUT2D eigenvalue weighted by molar-refractivity contribution is 5.79. The highest BCUT2D eigenvalue weighted by atomic mass is 16.4. The second-order valence-electron chi connectivity index (χ2n) is 7.41. The third-order valence-electron chi connectivity index (χ3n) is 4.37. The number of carboxylic acids is 1. The van der Waals surface area contributed by atoms with Crippen LogP contribution in [0.2, 0.25) is 0 Å². The van der Waals surface area contributed by atoms with Crippen molar-refractivity contribution in [3.8, 4) is 0 Å². The molecule has 0 saturated heterocycles. The Morgan fingerprint density at radius 1 is 1.19 bits per heavy atom. The molecule has 1 aromatic rings. The van der Waals surface area contributed by atoms with Crippen molar-refractivity contribution in [2.45, 2.75) is 65.5 Å². The summed E-state index contributed by atoms with van der Waals surface area (Å²) in [5.74, 6) is -0.617. The van der Waals surface area contributed by atoms with E-state index in [9.17, 15) is 14.7 Å².